The van der Waals surface area contributed by atoms with Crippen molar-refractivity contribution >= 4 is 40.6 Å². The number of nitrogens with one attached hydrogen (secondary N) is 1. The third-order valence-corrected chi connectivity index (χ3v) is 4.17. The molecule has 0 bridgehead atoms. The van der Waals surface area contributed by atoms with Gasteiger partial charge in [-0.05, 0) is 48.2 Å². The van der Waals surface area contributed by atoms with Crippen molar-refractivity contribution in [3.8, 4) is 5.75 Å². The zero-order valence-corrected chi connectivity index (χ0v) is 14.1. The number of halogens is 1. The molecule has 1 saturated heterocycles. The number of amidine groups is 1. The maximum atomic E-state index is 12.9. The number of aliphatic imine (C=N–C) groups is 1. The molecule has 2 N–H and O–H groups in total. The Bertz CT molecular complexity index is 910. The van der Waals surface area contributed by atoms with E-state index in [0.29, 0.717) is 27.1 Å². The van der Waals surface area contributed by atoms with E-state index in [0.717, 1.165) is 11.8 Å². The lowest BCUT2D eigenvalue weighted by atomic mass is 10.2. The van der Waals surface area contributed by atoms with Crippen LogP contribution in [-0.4, -0.2) is 28.8 Å². The standard InChI is InChI=1S/C18H13FN2O4S/c19-12-5-7-13(8-6-12)20-18-21-17(24)15(26-18)9-11-3-1-2-4-14(11)25-10-16(22)23/h1-9H,10H2,(H,22,23)(H,20,21,24). The molecule has 1 amide bonds. The molecule has 1 fully saturated rings. The number of carbonyl (C=O) groups excluding carboxylic acids is 1. The first kappa shape index (κ1) is 17.7. The number of thioether (sulfide) groups is 1. The largest absolute Gasteiger partial charge is 0.481 e. The molecule has 3 rings (SSSR count). The van der Waals surface area contributed by atoms with Crippen LogP contribution in [-0.2, 0) is 9.59 Å². The van der Waals surface area contributed by atoms with Gasteiger partial charge in [-0.3, -0.25) is 4.79 Å². The maximum absolute atomic E-state index is 12.9. The van der Waals surface area contributed by atoms with Gasteiger partial charge in [0.1, 0.15) is 11.6 Å². The molecule has 0 aliphatic carbocycles. The van der Waals surface area contributed by atoms with Crippen LogP contribution in [0.15, 0.2) is 58.4 Å². The van der Waals surface area contributed by atoms with Crippen molar-refractivity contribution in [1.29, 1.82) is 0 Å². The first-order valence-corrected chi connectivity index (χ1v) is 8.32. The van der Waals surface area contributed by atoms with E-state index in [2.05, 4.69) is 10.3 Å². The van der Waals surface area contributed by atoms with Crippen molar-refractivity contribution in [2.75, 3.05) is 6.61 Å². The molecule has 2 aromatic carbocycles. The number of ether oxygens (including phenoxy) is 1. The van der Waals surface area contributed by atoms with Crippen molar-refractivity contribution in [2.24, 2.45) is 4.99 Å². The van der Waals surface area contributed by atoms with Gasteiger partial charge < -0.3 is 15.2 Å². The predicted octanol–water partition coefficient (Wildman–Crippen LogP) is 3.18. The van der Waals surface area contributed by atoms with Crippen LogP contribution in [0.4, 0.5) is 10.1 Å². The minimum Gasteiger partial charge on any atom is -0.481 e. The highest BCUT2D eigenvalue weighted by atomic mass is 32.2. The lowest BCUT2D eigenvalue weighted by molar-refractivity contribution is -0.139. The van der Waals surface area contributed by atoms with Gasteiger partial charge in [-0.2, -0.15) is 0 Å². The van der Waals surface area contributed by atoms with Crippen molar-refractivity contribution in [2.45, 2.75) is 0 Å². The van der Waals surface area contributed by atoms with E-state index >= 15 is 0 Å². The Balaban J connectivity index is 1.81. The number of hydrogen-bond acceptors (Lipinski definition) is 5. The second-order valence-electron chi connectivity index (χ2n) is 5.18. The molecule has 1 aliphatic heterocycles. The van der Waals surface area contributed by atoms with Gasteiger partial charge in [0, 0.05) is 5.56 Å². The first-order chi connectivity index (χ1) is 12.5. The average Bonchev–Trinajstić information content (AvgIpc) is 2.95. The SMILES string of the molecule is O=C(O)COc1ccccc1C=C1SC(=Nc2ccc(F)cc2)NC1=O. The molecular formula is C18H13FN2O4S. The number of carboxylic acids is 1. The number of hydrogen-bond donors (Lipinski definition) is 2. The maximum Gasteiger partial charge on any atom is 0.341 e. The van der Waals surface area contributed by atoms with Crippen LogP contribution in [0.3, 0.4) is 0 Å². The Labute approximate surface area is 152 Å². The summed E-state index contributed by atoms with van der Waals surface area (Å²) in [5, 5.41) is 11.7. The molecule has 0 radical (unpaired) electrons. The lowest BCUT2D eigenvalue weighted by Gasteiger charge is -2.06. The van der Waals surface area contributed by atoms with Crippen LogP contribution in [0.2, 0.25) is 0 Å². The summed E-state index contributed by atoms with van der Waals surface area (Å²) < 4.78 is 18.2. The Kier molecular flexibility index (Phi) is 5.33. The predicted molar refractivity (Wildman–Crippen MR) is 96.8 cm³/mol. The average molecular weight is 372 g/mol. The highest BCUT2D eigenvalue weighted by Gasteiger charge is 2.24. The van der Waals surface area contributed by atoms with E-state index in [1.165, 1.54) is 24.3 Å². The summed E-state index contributed by atoms with van der Waals surface area (Å²) in [6.07, 6.45) is 1.60. The molecule has 0 spiro atoms. The van der Waals surface area contributed by atoms with Gasteiger partial charge in [-0.1, -0.05) is 18.2 Å². The third kappa shape index (κ3) is 4.48. The van der Waals surface area contributed by atoms with Gasteiger partial charge in [-0.15, -0.1) is 0 Å². The molecule has 0 saturated carbocycles. The van der Waals surface area contributed by atoms with Gasteiger partial charge >= 0.3 is 5.97 Å². The second-order valence-corrected chi connectivity index (χ2v) is 6.21. The van der Waals surface area contributed by atoms with Crippen LogP contribution >= 0.6 is 11.8 Å². The fourth-order valence-corrected chi connectivity index (χ4v) is 2.96. The molecule has 0 unspecified atom stereocenters. The van der Waals surface area contributed by atoms with E-state index in [-0.39, 0.29) is 11.7 Å². The molecular weight excluding hydrogens is 359 g/mol. The van der Waals surface area contributed by atoms with Crippen LogP contribution in [0, 0.1) is 5.82 Å². The van der Waals surface area contributed by atoms with Crippen LogP contribution in [0.1, 0.15) is 5.56 Å². The Morgan fingerprint density at radius 1 is 1.23 bits per heavy atom. The van der Waals surface area contributed by atoms with Gasteiger partial charge in [0.25, 0.3) is 5.91 Å². The lowest BCUT2D eigenvalue weighted by Crippen LogP contribution is -2.19. The van der Waals surface area contributed by atoms with E-state index in [9.17, 15) is 14.0 Å². The molecule has 2 aromatic rings. The third-order valence-electron chi connectivity index (χ3n) is 3.26. The summed E-state index contributed by atoms with van der Waals surface area (Å²) in [6, 6.07) is 12.4. The number of carboxylic acid groups (broad SMARTS) is 1. The quantitative estimate of drug-likeness (QED) is 0.787. The molecule has 26 heavy (non-hydrogen) atoms. The van der Waals surface area contributed by atoms with Crippen molar-refractivity contribution in [3.63, 3.8) is 0 Å². The molecule has 1 aliphatic rings. The molecule has 0 atom stereocenters. The molecule has 0 aromatic heterocycles. The highest BCUT2D eigenvalue weighted by Crippen LogP contribution is 2.30. The van der Waals surface area contributed by atoms with Crippen LogP contribution in [0.25, 0.3) is 6.08 Å². The number of amides is 1. The number of para-hydroxylation sites is 1. The topological polar surface area (TPSA) is 88.0 Å². The summed E-state index contributed by atoms with van der Waals surface area (Å²) in [5.41, 5.74) is 1.09. The Morgan fingerprint density at radius 2 is 1.96 bits per heavy atom. The number of nitrogens with zero attached hydrogens (tertiary/aromatic N) is 1. The molecule has 1 heterocycles. The van der Waals surface area contributed by atoms with Gasteiger partial charge in [-0.25, -0.2) is 14.2 Å². The number of rotatable bonds is 5. The van der Waals surface area contributed by atoms with Gasteiger partial charge in [0.15, 0.2) is 11.8 Å². The van der Waals surface area contributed by atoms with E-state index in [1.54, 1.807) is 30.3 Å². The minimum absolute atomic E-state index is 0.330. The Hall–Kier alpha value is -3.13. The first-order valence-electron chi connectivity index (χ1n) is 7.50. The van der Waals surface area contributed by atoms with Crippen molar-refractivity contribution in [1.82, 2.24) is 5.32 Å². The van der Waals surface area contributed by atoms with E-state index < -0.39 is 12.6 Å². The monoisotopic (exact) mass is 372 g/mol. The molecule has 132 valence electrons. The molecule has 8 heteroatoms. The smallest absolute Gasteiger partial charge is 0.341 e. The zero-order chi connectivity index (χ0) is 18.5. The van der Waals surface area contributed by atoms with Crippen LogP contribution < -0.4 is 10.1 Å². The fourth-order valence-electron chi connectivity index (χ4n) is 2.13. The summed E-state index contributed by atoms with van der Waals surface area (Å²) >= 11 is 1.13. The van der Waals surface area contributed by atoms with Gasteiger partial charge in [0.2, 0.25) is 0 Å². The summed E-state index contributed by atoms with van der Waals surface area (Å²) in [4.78, 5) is 27.4. The number of aliphatic carboxylic acids is 1. The fraction of sp³-hybridized carbons (Fsp3) is 0.0556. The zero-order valence-electron chi connectivity index (χ0n) is 13.3. The van der Waals surface area contributed by atoms with Crippen LogP contribution in [0.5, 0.6) is 5.75 Å². The van der Waals surface area contributed by atoms with Gasteiger partial charge in [0.05, 0.1) is 10.6 Å². The Morgan fingerprint density at radius 3 is 2.69 bits per heavy atom. The second kappa shape index (κ2) is 7.83. The van der Waals surface area contributed by atoms with E-state index in [1.807, 2.05) is 0 Å². The normalized spacial score (nSPS) is 16.7. The van der Waals surface area contributed by atoms with E-state index in [4.69, 9.17) is 9.84 Å². The highest BCUT2D eigenvalue weighted by molar-refractivity contribution is 8.18. The number of carbonyl (C=O) groups is 2. The summed E-state index contributed by atoms with van der Waals surface area (Å²) in [7, 11) is 0. The minimum atomic E-state index is -1.09. The van der Waals surface area contributed by atoms with Crippen molar-refractivity contribution in [3.05, 3.63) is 64.8 Å². The molecule has 6 nitrogen and oxygen atoms in total. The summed E-state index contributed by atoms with van der Waals surface area (Å²) in [5.74, 6) is -1.42. The van der Waals surface area contributed by atoms with Crippen molar-refractivity contribution < 1.29 is 23.8 Å². The number of benzene rings is 2. The summed E-state index contributed by atoms with van der Waals surface area (Å²) in [6.45, 7) is -0.475.